The zero-order valence-electron chi connectivity index (χ0n) is 10.2. The maximum absolute atomic E-state index is 7.12. The summed E-state index contributed by atoms with van der Waals surface area (Å²) in [4.78, 5) is 1.62. The highest BCUT2D eigenvalue weighted by atomic mass is 16.5. The smallest absolute Gasteiger partial charge is 0.188 e. The molecule has 0 radical (unpaired) electrons. The Morgan fingerprint density at radius 3 is 2.06 bits per heavy atom. The van der Waals surface area contributed by atoms with Crippen molar-refractivity contribution in [3.63, 3.8) is 0 Å². The van der Waals surface area contributed by atoms with Gasteiger partial charge in [0.15, 0.2) is 5.96 Å². The number of ether oxygens (including phenoxy) is 3. The van der Waals surface area contributed by atoms with Gasteiger partial charge in [-0.25, -0.2) is 0 Å². The van der Waals surface area contributed by atoms with E-state index in [1.54, 1.807) is 11.9 Å². The number of hydrogen-bond acceptors (Lipinski definition) is 4. The summed E-state index contributed by atoms with van der Waals surface area (Å²) in [6, 6.07) is 0. The van der Waals surface area contributed by atoms with Gasteiger partial charge in [0.25, 0.3) is 0 Å². The van der Waals surface area contributed by atoms with E-state index >= 15 is 0 Å². The van der Waals surface area contributed by atoms with E-state index in [0.29, 0.717) is 39.6 Å². The van der Waals surface area contributed by atoms with Crippen LogP contribution in [0.3, 0.4) is 0 Å². The molecular formula is C10H23N3O3. The summed E-state index contributed by atoms with van der Waals surface area (Å²) < 4.78 is 15.7. The van der Waals surface area contributed by atoms with Crippen LogP contribution in [-0.4, -0.2) is 64.1 Å². The van der Waals surface area contributed by atoms with Gasteiger partial charge in [0.1, 0.15) is 0 Å². The lowest BCUT2D eigenvalue weighted by atomic mass is 10.6. The zero-order valence-corrected chi connectivity index (χ0v) is 10.2. The van der Waals surface area contributed by atoms with Crippen molar-refractivity contribution >= 4 is 5.96 Å². The van der Waals surface area contributed by atoms with Crippen molar-refractivity contribution in [3.05, 3.63) is 0 Å². The highest BCUT2D eigenvalue weighted by Gasteiger charge is 1.98. The summed E-state index contributed by atoms with van der Waals surface area (Å²) in [5, 5.41) is 7.12. The van der Waals surface area contributed by atoms with E-state index in [0.717, 1.165) is 6.61 Å². The van der Waals surface area contributed by atoms with E-state index < -0.39 is 0 Å². The second-order valence-electron chi connectivity index (χ2n) is 3.23. The van der Waals surface area contributed by atoms with Gasteiger partial charge in [0.05, 0.1) is 33.0 Å². The van der Waals surface area contributed by atoms with Crippen LogP contribution in [-0.2, 0) is 14.2 Å². The molecule has 0 aromatic rings. The predicted octanol–water partition coefficient (Wildman–Crippen LogP) is -0.119. The molecule has 0 rings (SSSR count). The predicted molar refractivity (Wildman–Crippen MR) is 62.7 cm³/mol. The molecule has 16 heavy (non-hydrogen) atoms. The van der Waals surface area contributed by atoms with Crippen LogP contribution >= 0.6 is 0 Å². The largest absolute Gasteiger partial charge is 0.379 e. The zero-order chi connectivity index (χ0) is 12.2. The van der Waals surface area contributed by atoms with Gasteiger partial charge in [0.2, 0.25) is 0 Å². The molecular weight excluding hydrogens is 210 g/mol. The number of hydrogen-bond donors (Lipinski definition) is 2. The van der Waals surface area contributed by atoms with Crippen molar-refractivity contribution in [1.29, 1.82) is 5.41 Å². The van der Waals surface area contributed by atoms with E-state index in [4.69, 9.17) is 25.4 Å². The Bertz CT molecular complexity index is 179. The fraction of sp³-hybridized carbons (Fsp3) is 0.900. The monoisotopic (exact) mass is 233 g/mol. The highest BCUT2D eigenvalue weighted by molar-refractivity contribution is 5.74. The number of likely N-dealkylation sites (N-methyl/N-ethyl adjacent to an activating group) is 1. The molecule has 6 nitrogen and oxygen atoms in total. The van der Waals surface area contributed by atoms with Crippen LogP contribution < -0.4 is 5.73 Å². The van der Waals surface area contributed by atoms with Crippen molar-refractivity contribution in [2.75, 3.05) is 53.2 Å². The van der Waals surface area contributed by atoms with Gasteiger partial charge < -0.3 is 24.8 Å². The first kappa shape index (κ1) is 15.2. The first-order valence-electron chi connectivity index (χ1n) is 5.46. The van der Waals surface area contributed by atoms with Crippen LogP contribution in [0, 0.1) is 5.41 Å². The van der Waals surface area contributed by atoms with Gasteiger partial charge in [-0.3, -0.25) is 5.41 Å². The Morgan fingerprint density at radius 2 is 1.56 bits per heavy atom. The quantitative estimate of drug-likeness (QED) is 0.312. The fourth-order valence-corrected chi connectivity index (χ4v) is 0.906. The van der Waals surface area contributed by atoms with Crippen molar-refractivity contribution in [2.24, 2.45) is 5.73 Å². The second-order valence-corrected chi connectivity index (χ2v) is 3.23. The van der Waals surface area contributed by atoms with E-state index in [9.17, 15) is 0 Å². The molecule has 0 atom stereocenters. The fourth-order valence-electron chi connectivity index (χ4n) is 0.906. The van der Waals surface area contributed by atoms with Gasteiger partial charge in [0, 0.05) is 20.2 Å². The van der Waals surface area contributed by atoms with Crippen molar-refractivity contribution in [3.8, 4) is 0 Å². The lowest BCUT2D eigenvalue weighted by molar-refractivity contribution is 0.0156. The molecule has 6 heteroatoms. The van der Waals surface area contributed by atoms with Gasteiger partial charge in [-0.1, -0.05) is 0 Å². The van der Waals surface area contributed by atoms with E-state index in [-0.39, 0.29) is 5.96 Å². The van der Waals surface area contributed by atoms with Crippen LogP contribution in [0.2, 0.25) is 0 Å². The van der Waals surface area contributed by atoms with Crippen LogP contribution in [0.4, 0.5) is 0 Å². The summed E-state index contributed by atoms with van der Waals surface area (Å²) in [5.41, 5.74) is 5.26. The number of nitrogens with zero attached hydrogens (tertiary/aromatic N) is 1. The molecule has 96 valence electrons. The summed E-state index contributed by atoms with van der Waals surface area (Å²) in [5.74, 6) is 0.0524. The topological polar surface area (TPSA) is 80.8 Å². The SMILES string of the molecule is CCOCCOCCOCCN(C)C(=N)N. The molecule has 0 saturated carbocycles. The average molecular weight is 233 g/mol. The minimum atomic E-state index is 0.0524. The molecule has 0 heterocycles. The van der Waals surface area contributed by atoms with Crippen LogP contribution in [0.15, 0.2) is 0 Å². The Balaban J connectivity index is 3.07. The Morgan fingerprint density at radius 1 is 1.06 bits per heavy atom. The normalized spacial score (nSPS) is 10.4. The third-order valence-electron chi connectivity index (χ3n) is 1.93. The average Bonchev–Trinajstić information content (AvgIpc) is 2.26. The second kappa shape index (κ2) is 10.7. The Kier molecular flexibility index (Phi) is 10.1. The summed E-state index contributed by atoms with van der Waals surface area (Å²) >= 11 is 0. The molecule has 0 aliphatic carbocycles. The summed E-state index contributed by atoms with van der Waals surface area (Å²) in [6.45, 7) is 6.19. The standard InChI is InChI=1S/C10H23N3O3/c1-3-14-6-7-16-9-8-15-5-4-13(2)10(11)12/h3-9H2,1-2H3,(H3,11,12). The lowest BCUT2D eigenvalue weighted by Crippen LogP contribution is -2.35. The van der Waals surface area contributed by atoms with Crippen molar-refractivity contribution in [1.82, 2.24) is 4.90 Å². The molecule has 0 aromatic heterocycles. The molecule has 0 amide bonds. The van der Waals surface area contributed by atoms with Crippen molar-refractivity contribution < 1.29 is 14.2 Å². The number of rotatable bonds is 10. The molecule has 0 aromatic carbocycles. The minimum absolute atomic E-state index is 0.0524. The van der Waals surface area contributed by atoms with Crippen molar-refractivity contribution in [2.45, 2.75) is 6.92 Å². The molecule has 0 spiro atoms. The number of nitrogens with two attached hydrogens (primary N) is 1. The third kappa shape index (κ3) is 9.70. The Labute approximate surface area is 97.1 Å². The molecule has 0 unspecified atom stereocenters. The van der Waals surface area contributed by atoms with E-state index in [1.165, 1.54) is 0 Å². The van der Waals surface area contributed by atoms with E-state index in [2.05, 4.69) is 0 Å². The summed E-state index contributed by atoms with van der Waals surface area (Å²) in [7, 11) is 1.75. The maximum atomic E-state index is 7.12. The van der Waals surface area contributed by atoms with Crippen LogP contribution in [0.1, 0.15) is 6.92 Å². The first-order valence-corrected chi connectivity index (χ1v) is 5.46. The minimum Gasteiger partial charge on any atom is -0.379 e. The number of nitrogens with one attached hydrogen (secondary N) is 1. The summed E-state index contributed by atoms with van der Waals surface area (Å²) in [6.07, 6.45) is 0. The molecule has 0 saturated heterocycles. The highest BCUT2D eigenvalue weighted by Crippen LogP contribution is 1.83. The molecule has 3 N–H and O–H groups in total. The molecule has 0 aliphatic heterocycles. The molecule has 0 aliphatic rings. The Hall–Kier alpha value is -0.850. The van der Waals surface area contributed by atoms with Gasteiger partial charge in [-0.2, -0.15) is 0 Å². The lowest BCUT2D eigenvalue weighted by Gasteiger charge is -2.16. The maximum Gasteiger partial charge on any atom is 0.188 e. The third-order valence-corrected chi connectivity index (χ3v) is 1.93. The molecule has 0 fully saturated rings. The van der Waals surface area contributed by atoms with Gasteiger partial charge in [-0.05, 0) is 6.92 Å². The van der Waals surface area contributed by atoms with Crippen LogP contribution in [0.25, 0.3) is 0 Å². The first-order chi connectivity index (χ1) is 7.68. The van der Waals surface area contributed by atoms with Gasteiger partial charge >= 0.3 is 0 Å². The van der Waals surface area contributed by atoms with E-state index in [1.807, 2.05) is 6.92 Å². The molecule has 0 bridgehead atoms. The number of guanidine groups is 1. The van der Waals surface area contributed by atoms with Crippen LogP contribution in [0.5, 0.6) is 0 Å². The van der Waals surface area contributed by atoms with Gasteiger partial charge in [-0.15, -0.1) is 0 Å².